The van der Waals surface area contributed by atoms with Crippen LogP contribution >= 0.6 is 0 Å². The summed E-state index contributed by atoms with van der Waals surface area (Å²) in [7, 11) is 0. The summed E-state index contributed by atoms with van der Waals surface area (Å²) in [5, 5.41) is 19.8. The first-order valence-electron chi connectivity index (χ1n) is 11.3. The maximum absolute atomic E-state index is 13.0. The Bertz CT molecular complexity index is 1070. The monoisotopic (exact) mass is 452 g/mol. The molecule has 0 spiro atoms. The van der Waals surface area contributed by atoms with E-state index in [0.29, 0.717) is 23.8 Å². The van der Waals surface area contributed by atoms with Crippen molar-refractivity contribution in [3.63, 3.8) is 0 Å². The first-order valence-corrected chi connectivity index (χ1v) is 11.3. The van der Waals surface area contributed by atoms with Crippen LogP contribution in [0.2, 0.25) is 0 Å². The number of hydrogen-bond donors (Lipinski definition) is 3. The number of pyridine rings is 2. The third kappa shape index (κ3) is 6.78. The van der Waals surface area contributed by atoms with Crippen LogP contribution < -0.4 is 16.0 Å². The van der Waals surface area contributed by atoms with Gasteiger partial charge < -0.3 is 20.7 Å². The van der Waals surface area contributed by atoms with Gasteiger partial charge in [-0.3, -0.25) is 4.79 Å². The lowest BCUT2D eigenvalue weighted by molar-refractivity contribution is -0.121. The summed E-state index contributed by atoms with van der Waals surface area (Å²) < 4.78 is 5.34. The van der Waals surface area contributed by atoms with Crippen molar-refractivity contribution in [3.8, 4) is 6.07 Å². The molecule has 2 aromatic heterocycles. The Kier molecular flexibility index (Phi) is 7.36. The first kappa shape index (κ1) is 24.2. The Morgan fingerprint density at radius 2 is 2.00 bits per heavy atom. The van der Waals surface area contributed by atoms with Crippen molar-refractivity contribution >= 4 is 34.4 Å². The van der Waals surface area contributed by atoms with E-state index in [4.69, 9.17) is 4.74 Å². The van der Waals surface area contributed by atoms with E-state index in [1.807, 2.05) is 34.6 Å². The lowest BCUT2D eigenvalue weighted by atomic mass is 9.85. The van der Waals surface area contributed by atoms with Crippen molar-refractivity contribution in [1.82, 2.24) is 15.3 Å². The van der Waals surface area contributed by atoms with Gasteiger partial charge in [0.1, 0.15) is 29.0 Å². The number of ether oxygens (including phenoxy) is 1. The predicted molar refractivity (Wildman–Crippen MR) is 127 cm³/mol. The van der Waals surface area contributed by atoms with Gasteiger partial charge in [0.05, 0.1) is 0 Å². The van der Waals surface area contributed by atoms with Gasteiger partial charge >= 0.3 is 6.09 Å². The van der Waals surface area contributed by atoms with Crippen LogP contribution in [-0.4, -0.2) is 39.7 Å². The number of carbonyl (C=O) groups excluding carboxylic acids is 2. The Morgan fingerprint density at radius 3 is 2.67 bits per heavy atom. The van der Waals surface area contributed by atoms with Crippen LogP contribution in [0.1, 0.15) is 66.0 Å². The standard InChI is InChI=1S/C24H32N6O3/c1-14(2)27-21-19-11-20(26-13-16(19)10-18(12-25)28-21)30-22(31)15-7-6-8-17(9-15)29-23(32)33-24(3,4)5/h10-11,13-15,17H,6-9H2,1-5H3,(H,27,28)(H,29,32)(H,26,30,31)/t15-,17+/m0/s1. The fourth-order valence-electron chi connectivity index (χ4n) is 3.92. The fraction of sp³-hybridized carbons (Fsp3) is 0.542. The maximum atomic E-state index is 13.0. The van der Waals surface area contributed by atoms with E-state index in [0.717, 1.165) is 30.0 Å². The number of alkyl carbamates (subject to hydrolysis) is 1. The molecule has 0 aliphatic heterocycles. The summed E-state index contributed by atoms with van der Waals surface area (Å²) in [4.78, 5) is 33.8. The van der Waals surface area contributed by atoms with Gasteiger partial charge in [-0.1, -0.05) is 6.42 Å². The summed E-state index contributed by atoms with van der Waals surface area (Å²) in [6.07, 6.45) is 4.12. The molecule has 9 heteroatoms. The molecule has 2 atom stereocenters. The third-order valence-corrected chi connectivity index (χ3v) is 5.27. The van der Waals surface area contributed by atoms with Gasteiger partial charge in [-0.2, -0.15) is 5.26 Å². The summed E-state index contributed by atoms with van der Waals surface area (Å²) in [6.45, 7) is 9.43. The fourth-order valence-corrected chi connectivity index (χ4v) is 3.92. The van der Waals surface area contributed by atoms with E-state index in [2.05, 4.69) is 32.0 Å². The van der Waals surface area contributed by atoms with Crippen molar-refractivity contribution in [2.24, 2.45) is 5.92 Å². The molecule has 3 N–H and O–H groups in total. The molecule has 2 aromatic rings. The number of rotatable bonds is 5. The second kappa shape index (κ2) is 10.0. The highest BCUT2D eigenvalue weighted by Gasteiger charge is 2.29. The minimum atomic E-state index is -0.566. The van der Waals surface area contributed by atoms with Gasteiger partial charge in [-0.05, 0) is 66.0 Å². The number of hydrogen-bond acceptors (Lipinski definition) is 7. The minimum Gasteiger partial charge on any atom is -0.444 e. The molecule has 33 heavy (non-hydrogen) atoms. The highest BCUT2D eigenvalue weighted by Crippen LogP contribution is 2.28. The van der Waals surface area contributed by atoms with Crippen molar-refractivity contribution in [2.75, 3.05) is 10.6 Å². The summed E-state index contributed by atoms with van der Waals surface area (Å²) >= 11 is 0. The van der Waals surface area contributed by atoms with Crippen molar-refractivity contribution in [2.45, 2.75) is 78.0 Å². The van der Waals surface area contributed by atoms with E-state index >= 15 is 0 Å². The topological polar surface area (TPSA) is 129 Å². The number of nitriles is 1. The van der Waals surface area contributed by atoms with Gasteiger partial charge in [0.25, 0.3) is 0 Å². The van der Waals surface area contributed by atoms with Crippen LogP contribution in [0.3, 0.4) is 0 Å². The molecular formula is C24H32N6O3. The highest BCUT2D eigenvalue weighted by atomic mass is 16.6. The Balaban J connectivity index is 1.71. The largest absolute Gasteiger partial charge is 0.444 e. The predicted octanol–water partition coefficient (Wildman–Crippen LogP) is 4.34. The quantitative estimate of drug-likeness (QED) is 0.615. The molecule has 2 heterocycles. The first-order chi connectivity index (χ1) is 15.5. The lowest BCUT2D eigenvalue weighted by Gasteiger charge is -2.30. The maximum Gasteiger partial charge on any atom is 0.407 e. The van der Waals surface area contributed by atoms with Crippen LogP contribution in [0.15, 0.2) is 18.3 Å². The van der Waals surface area contributed by atoms with Gasteiger partial charge in [0.15, 0.2) is 0 Å². The zero-order valence-corrected chi connectivity index (χ0v) is 19.9. The van der Waals surface area contributed by atoms with E-state index in [1.165, 1.54) is 0 Å². The van der Waals surface area contributed by atoms with Gasteiger partial charge in [-0.15, -0.1) is 0 Å². The van der Waals surface area contributed by atoms with E-state index in [1.54, 1.807) is 18.3 Å². The smallest absolute Gasteiger partial charge is 0.407 e. The van der Waals surface area contributed by atoms with Gasteiger partial charge in [0, 0.05) is 35.0 Å². The number of aromatic nitrogens is 2. The molecule has 1 fully saturated rings. The van der Waals surface area contributed by atoms with Crippen molar-refractivity contribution in [3.05, 3.63) is 24.0 Å². The third-order valence-electron chi connectivity index (χ3n) is 5.27. The highest BCUT2D eigenvalue weighted by molar-refractivity contribution is 5.97. The second-order valence-electron chi connectivity index (χ2n) is 9.75. The molecule has 0 aromatic carbocycles. The minimum absolute atomic E-state index is 0.107. The van der Waals surface area contributed by atoms with E-state index < -0.39 is 11.7 Å². The van der Waals surface area contributed by atoms with Crippen LogP contribution in [-0.2, 0) is 9.53 Å². The van der Waals surface area contributed by atoms with Crippen LogP contribution in [0.5, 0.6) is 0 Å². The average Bonchev–Trinajstić information content (AvgIpc) is 2.72. The molecule has 1 aliphatic rings. The Labute approximate surface area is 194 Å². The second-order valence-corrected chi connectivity index (χ2v) is 9.75. The number of carbonyl (C=O) groups is 2. The molecule has 1 saturated carbocycles. The molecule has 0 unspecified atom stereocenters. The lowest BCUT2D eigenvalue weighted by Crippen LogP contribution is -2.43. The molecule has 2 amide bonds. The van der Waals surface area contributed by atoms with Gasteiger partial charge in [-0.25, -0.2) is 14.8 Å². The number of nitrogens with one attached hydrogen (secondary N) is 3. The number of fused-ring (bicyclic) bond motifs is 1. The zero-order chi connectivity index (χ0) is 24.2. The number of anilines is 2. The molecular weight excluding hydrogens is 420 g/mol. The summed E-state index contributed by atoms with van der Waals surface area (Å²) in [5.74, 6) is 0.644. The van der Waals surface area contributed by atoms with E-state index in [9.17, 15) is 14.9 Å². The molecule has 3 rings (SSSR count). The summed E-state index contributed by atoms with van der Waals surface area (Å²) in [5.41, 5.74) is -0.265. The Hall–Kier alpha value is -3.41. The molecule has 9 nitrogen and oxygen atoms in total. The molecule has 1 aliphatic carbocycles. The molecule has 0 saturated heterocycles. The van der Waals surface area contributed by atoms with Crippen molar-refractivity contribution in [1.29, 1.82) is 5.26 Å². The molecule has 0 bridgehead atoms. The SMILES string of the molecule is CC(C)Nc1nc(C#N)cc2cnc(NC(=O)[C@H]3CCC[C@@H](NC(=O)OC(C)(C)C)C3)cc12. The number of amides is 2. The van der Waals surface area contributed by atoms with Crippen molar-refractivity contribution < 1.29 is 14.3 Å². The van der Waals surface area contributed by atoms with E-state index in [-0.39, 0.29) is 23.9 Å². The normalized spacial score (nSPS) is 18.5. The van der Waals surface area contributed by atoms with Crippen LogP contribution in [0.25, 0.3) is 10.8 Å². The number of nitrogens with zero attached hydrogens (tertiary/aromatic N) is 3. The average molecular weight is 453 g/mol. The Morgan fingerprint density at radius 1 is 1.24 bits per heavy atom. The van der Waals surface area contributed by atoms with Crippen LogP contribution in [0.4, 0.5) is 16.4 Å². The summed E-state index contributed by atoms with van der Waals surface area (Å²) in [6, 6.07) is 5.52. The van der Waals surface area contributed by atoms with Crippen LogP contribution in [0, 0.1) is 17.2 Å². The zero-order valence-electron chi connectivity index (χ0n) is 19.9. The molecule has 0 radical (unpaired) electrons. The van der Waals surface area contributed by atoms with Gasteiger partial charge in [0.2, 0.25) is 5.91 Å². The molecule has 176 valence electrons.